The zero-order chi connectivity index (χ0) is 33.0. The van der Waals surface area contributed by atoms with Crippen molar-refractivity contribution in [2.24, 2.45) is 0 Å². The highest BCUT2D eigenvalue weighted by Gasteiger charge is 2.38. The van der Waals surface area contributed by atoms with Crippen molar-refractivity contribution < 1.29 is 19.7 Å². The number of fused-ring (bicyclic) bond motifs is 1. The maximum absolute atomic E-state index is 11.5. The third kappa shape index (κ3) is 9.06. The number of hydrogen-bond donors (Lipinski definition) is 2. The molecule has 4 aromatic rings. The SMILES string of the molecule is C[Si](C)(C)CCOCN(c1cc(C2CCSCC2)nc2c(-c3ccc(-c4ccccc4)nc3)cnn12)C(O)(O)OCC[Si](C)(C)C. The van der Waals surface area contributed by atoms with E-state index in [0.29, 0.717) is 18.1 Å². The molecule has 0 unspecified atom stereocenters. The number of rotatable bonds is 14. The van der Waals surface area contributed by atoms with Crippen molar-refractivity contribution in [3.05, 3.63) is 66.6 Å². The summed E-state index contributed by atoms with van der Waals surface area (Å²) in [7, 11) is -2.85. The standard InChI is InChI=1S/C34H49N5O4SSi2/c1-45(2,3)20-16-42-25-38(34(40,41)43-17-21-46(4,5)6)32-22-31(27-14-18-44-19-15-27)37-33-29(24-36-39(32)33)28-12-13-30(35-23-28)26-10-8-7-9-11-26/h7-13,22-24,27,40-41H,14-21,25H2,1-6H3. The van der Waals surface area contributed by atoms with E-state index < -0.39 is 22.2 Å². The molecule has 0 bridgehead atoms. The first-order valence-corrected chi connectivity index (χ1v) is 24.8. The molecule has 1 fully saturated rings. The van der Waals surface area contributed by atoms with Crippen molar-refractivity contribution in [1.82, 2.24) is 19.6 Å². The van der Waals surface area contributed by atoms with E-state index in [9.17, 15) is 10.2 Å². The second kappa shape index (κ2) is 14.7. The number of nitrogens with zero attached hydrogens (tertiary/aromatic N) is 5. The second-order valence-electron chi connectivity index (χ2n) is 14.5. The van der Waals surface area contributed by atoms with Crippen LogP contribution in [-0.2, 0) is 9.47 Å². The van der Waals surface area contributed by atoms with Crippen molar-refractivity contribution in [2.45, 2.75) is 76.2 Å². The van der Waals surface area contributed by atoms with Gasteiger partial charge in [-0.1, -0.05) is 75.7 Å². The van der Waals surface area contributed by atoms with Gasteiger partial charge in [0.2, 0.25) is 0 Å². The smallest absolute Gasteiger partial charge is 0.361 e. The van der Waals surface area contributed by atoms with Gasteiger partial charge >= 0.3 is 6.10 Å². The van der Waals surface area contributed by atoms with Gasteiger partial charge < -0.3 is 19.7 Å². The summed E-state index contributed by atoms with van der Waals surface area (Å²) in [5.41, 5.74) is 5.17. The molecule has 0 aliphatic carbocycles. The predicted octanol–water partition coefficient (Wildman–Crippen LogP) is 7.14. The molecular weight excluding hydrogens is 631 g/mol. The van der Waals surface area contributed by atoms with Crippen LogP contribution >= 0.6 is 11.8 Å². The summed E-state index contributed by atoms with van der Waals surface area (Å²) in [6.07, 6.45) is 3.03. The molecule has 12 heteroatoms. The fourth-order valence-electron chi connectivity index (χ4n) is 5.30. The molecule has 0 saturated carbocycles. The lowest BCUT2D eigenvalue weighted by molar-refractivity contribution is -0.339. The topological polar surface area (TPSA) is 105 Å². The van der Waals surface area contributed by atoms with Gasteiger partial charge in [-0.3, -0.25) is 9.88 Å². The Balaban J connectivity index is 1.56. The van der Waals surface area contributed by atoms with Crippen molar-refractivity contribution in [3.63, 3.8) is 0 Å². The van der Waals surface area contributed by atoms with Crippen LogP contribution in [0, 0.1) is 0 Å². The highest BCUT2D eigenvalue weighted by atomic mass is 32.2. The second-order valence-corrected chi connectivity index (χ2v) is 27.0. The van der Waals surface area contributed by atoms with Gasteiger partial charge in [0.25, 0.3) is 0 Å². The normalized spacial score (nSPS) is 15.0. The summed E-state index contributed by atoms with van der Waals surface area (Å²) < 4.78 is 13.6. The number of thioether (sulfide) groups is 1. The molecule has 46 heavy (non-hydrogen) atoms. The molecule has 1 aliphatic heterocycles. The van der Waals surface area contributed by atoms with E-state index in [1.165, 1.54) is 4.90 Å². The maximum Gasteiger partial charge on any atom is 0.375 e. The van der Waals surface area contributed by atoms with Crippen molar-refractivity contribution >= 4 is 39.4 Å². The Morgan fingerprint density at radius 1 is 0.913 bits per heavy atom. The van der Waals surface area contributed by atoms with Crippen LogP contribution in [0.3, 0.4) is 0 Å². The van der Waals surface area contributed by atoms with Gasteiger partial charge in [-0.2, -0.15) is 21.4 Å². The Hall–Kier alpha value is -2.59. The number of hydrogen-bond acceptors (Lipinski definition) is 9. The van der Waals surface area contributed by atoms with E-state index in [1.54, 1.807) is 10.7 Å². The quantitative estimate of drug-likeness (QED) is 0.0818. The summed E-state index contributed by atoms with van der Waals surface area (Å²) in [4.78, 5) is 11.3. The number of pyridine rings is 1. The Morgan fingerprint density at radius 3 is 2.26 bits per heavy atom. The van der Waals surface area contributed by atoms with Crippen LogP contribution in [0.25, 0.3) is 28.0 Å². The molecule has 5 rings (SSSR count). The lowest BCUT2D eigenvalue weighted by Crippen LogP contribution is -2.53. The van der Waals surface area contributed by atoms with E-state index in [1.807, 2.05) is 66.5 Å². The summed E-state index contributed by atoms with van der Waals surface area (Å²) in [6, 6.07) is 17.8. The first-order valence-electron chi connectivity index (χ1n) is 16.2. The summed E-state index contributed by atoms with van der Waals surface area (Å²) in [6.45, 7) is 14.2. The molecule has 248 valence electrons. The molecule has 1 aromatic carbocycles. The molecule has 0 spiro atoms. The van der Waals surface area contributed by atoms with Gasteiger partial charge in [0, 0.05) is 63.3 Å². The third-order valence-electron chi connectivity index (χ3n) is 8.25. The number of ether oxygens (including phenoxy) is 2. The monoisotopic (exact) mass is 679 g/mol. The largest absolute Gasteiger partial charge is 0.375 e. The molecule has 1 saturated heterocycles. The third-order valence-corrected chi connectivity index (χ3v) is 12.7. The molecular formula is C34H49N5O4SSi2. The van der Waals surface area contributed by atoms with Crippen LogP contribution in [0.1, 0.15) is 24.5 Å². The number of aromatic nitrogens is 4. The summed E-state index contributed by atoms with van der Waals surface area (Å²) in [5, 5.41) is 27.8. The van der Waals surface area contributed by atoms with Crippen LogP contribution in [0.4, 0.5) is 5.82 Å². The van der Waals surface area contributed by atoms with Crippen LogP contribution in [0.15, 0.2) is 60.9 Å². The molecule has 2 N–H and O–H groups in total. The molecule has 0 radical (unpaired) electrons. The molecule has 1 aliphatic rings. The molecule has 9 nitrogen and oxygen atoms in total. The van der Waals surface area contributed by atoms with Crippen LogP contribution in [-0.4, -0.2) is 83.5 Å². The summed E-state index contributed by atoms with van der Waals surface area (Å²) >= 11 is 1.96. The van der Waals surface area contributed by atoms with Crippen LogP contribution in [0.5, 0.6) is 0 Å². The highest BCUT2D eigenvalue weighted by Crippen LogP contribution is 2.36. The zero-order valence-electron chi connectivity index (χ0n) is 28.1. The van der Waals surface area contributed by atoms with Crippen LogP contribution < -0.4 is 4.90 Å². The zero-order valence-corrected chi connectivity index (χ0v) is 30.9. The minimum absolute atomic E-state index is 0.0774. The average Bonchev–Trinajstić information content (AvgIpc) is 3.44. The van der Waals surface area contributed by atoms with E-state index in [-0.39, 0.29) is 19.3 Å². The number of aliphatic hydroxyl groups is 2. The van der Waals surface area contributed by atoms with Gasteiger partial charge in [0.05, 0.1) is 18.5 Å². The molecule has 0 atom stereocenters. The Kier molecular flexibility index (Phi) is 11.1. The predicted molar refractivity (Wildman–Crippen MR) is 194 cm³/mol. The fraction of sp³-hybridized carbons (Fsp3) is 0.500. The van der Waals surface area contributed by atoms with Gasteiger partial charge in [0.1, 0.15) is 12.5 Å². The average molecular weight is 680 g/mol. The first-order chi connectivity index (χ1) is 21.8. The minimum atomic E-state index is -2.61. The number of benzene rings is 1. The summed E-state index contributed by atoms with van der Waals surface area (Å²) in [5.74, 6) is 2.85. The Bertz CT molecular complexity index is 1570. The van der Waals surface area contributed by atoms with Crippen molar-refractivity contribution in [3.8, 4) is 22.4 Å². The molecule has 4 heterocycles. The highest BCUT2D eigenvalue weighted by molar-refractivity contribution is 7.99. The maximum atomic E-state index is 11.5. The lowest BCUT2D eigenvalue weighted by atomic mass is 9.98. The van der Waals surface area contributed by atoms with Gasteiger partial charge in [-0.15, -0.1) is 0 Å². The Morgan fingerprint density at radius 2 is 1.61 bits per heavy atom. The van der Waals surface area contributed by atoms with E-state index >= 15 is 0 Å². The van der Waals surface area contributed by atoms with Crippen LogP contribution in [0.2, 0.25) is 51.4 Å². The van der Waals surface area contributed by atoms with Crippen molar-refractivity contribution in [1.29, 1.82) is 0 Å². The fourth-order valence-corrected chi connectivity index (χ4v) is 7.88. The van der Waals surface area contributed by atoms with Gasteiger partial charge in [0.15, 0.2) is 5.65 Å². The van der Waals surface area contributed by atoms with E-state index in [4.69, 9.17) is 24.5 Å². The number of anilines is 1. The lowest BCUT2D eigenvalue weighted by Gasteiger charge is -2.36. The minimum Gasteiger partial charge on any atom is -0.361 e. The van der Waals surface area contributed by atoms with Gasteiger partial charge in [-0.25, -0.2) is 4.98 Å². The molecule has 3 aromatic heterocycles. The van der Waals surface area contributed by atoms with E-state index in [2.05, 4.69) is 39.3 Å². The van der Waals surface area contributed by atoms with Gasteiger partial charge in [-0.05, 0) is 42.5 Å². The van der Waals surface area contributed by atoms with E-state index in [0.717, 1.165) is 64.5 Å². The molecule has 0 amide bonds. The van der Waals surface area contributed by atoms with Crippen molar-refractivity contribution in [2.75, 3.05) is 36.4 Å². The first kappa shape index (κ1) is 34.7. The Labute approximate surface area is 279 Å².